The molecule has 0 aliphatic rings. The molecule has 0 bridgehead atoms. The second-order valence-corrected chi connectivity index (χ2v) is 7.40. The molecule has 2 aromatic rings. The van der Waals surface area contributed by atoms with Crippen LogP contribution < -0.4 is 0 Å². The van der Waals surface area contributed by atoms with Gasteiger partial charge in [0, 0.05) is 12.5 Å². The Kier molecular flexibility index (Phi) is 3.49. The van der Waals surface area contributed by atoms with Crippen molar-refractivity contribution in [2.24, 2.45) is 0 Å². The monoisotopic (exact) mass is 272 g/mol. The summed E-state index contributed by atoms with van der Waals surface area (Å²) in [7, 11) is 0. The van der Waals surface area contributed by atoms with Gasteiger partial charge in [0.1, 0.15) is 0 Å². The molecule has 1 aromatic heterocycles. The zero-order chi connectivity index (χ0) is 15.1. The van der Waals surface area contributed by atoms with E-state index in [0.29, 0.717) is 11.7 Å². The first kappa shape index (κ1) is 14.8. The first-order valence-electron chi connectivity index (χ1n) is 7.05. The molecule has 0 aliphatic carbocycles. The van der Waals surface area contributed by atoms with Crippen molar-refractivity contribution in [3.8, 4) is 11.4 Å². The van der Waals surface area contributed by atoms with Gasteiger partial charge in [0.05, 0.1) is 0 Å². The molecule has 0 N–H and O–H groups in total. The van der Waals surface area contributed by atoms with Crippen molar-refractivity contribution in [2.75, 3.05) is 0 Å². The second-order valence-electron chi connectivity index (χ2n) is 7.40. The largest absolute Gasteiger partial charge is 0.339 e. The van der Waals surface area contributed by atoms with E-state index in [4.69, 9.17) is 4.52 Å². The Morgan fingerprint density at radius 1 is 0.900 bits per heavy atom. The molecule has 0 saturated heterocycles. The molecule has 0 unspecified atom stereocenters. The standard InChI is InChI=1S/C17H24N2O/c1-11-18-15(19-20-11)12-8-9-13(16(2,3)4)14(10-12)17(5,6)7/h8-10H,1-7H3. The van der Waals surface area contributed by atoms with Crippen molar-refractivity contribution >= 4 is 0 Å². The van der Waals surface area contributed by atoms with Crippen LogP contribution in [0.4, 0.5) is 0 Å². The third-order valence-corrected chi connectivity index (χ3v) is 3.42. The van der Waals surface area contributed by atoms with Crippen LogP contribution in [0.1, 0.15) is 58.6 Å². The molecule has 1 aromatic carbocycles. The first-order chi connectivity index (χ1) is 9.09. The van der Waals surface area contributed by atoms with E-state index in [2.05, 4.69) is 69.9 Å². The number of rotatable bonds is 1. The fourth-order valence-electron chi connectivity index (χ4n) is 2.37. The molecular formula is C17H24N2O. The van der Waals surface area contributed by atoms with Crippen LogP contribution in [0.2, 0.25) is 0 Å². The molecule has 0 radical (unpaired) electrons. The normalized spacial score (nSPS) is 12.8. The summed E-state index contributed by atoms with van der Waals surface area (Å²) in [5.74, 6) is 1.26. The summed E-state index contributed by atoms with van der Waals surface area (Å²) in [6, 6.07) is 6.48. The average Bonchev–Trinajstić information content (AvgIpc) is 2.73. The Labute approximate surface area is 121 Å². The molecule has 2 rings (SSSR count). The lowest BCUT2D eigenvalue weighted by Gasteiger charge is -2.30. The van der Waals surface area contributed by atoms with Crippen LogP contribution in [0.15, 0.2) is 22.7 Å². The van der Waals surface area contributed by atoms with E-state index in [9.17, 15) is 0 Å². The van der Waals surface area contributed by atoms with E-state index in [1.54, 1.807) is 0 Å². The van der Waals surface area contributed by atoms with Crippen molar-refractivity contribution in [1.82, 2.24) is 10.1 Å². The topological polar surface area (TPSA) is 38.9 Å². The van der Waals surface area contributed by atoms with E-state index in [1.807, 2.05) is 6.92 Å². The number of nitrogens with zero attached hydrogens (tertiary/aromatic N) is 2. The molecule has 1 heterocycles. The zero-order valence-corrected chi connectivity index (χ0v) is 13.5. The molecule has 0 atom stereocenters. The molecule has 20 heavy (non-hydrogen) atoms. The van der Waals surface area contributed by atoms with Gasteiger partial charge in [-0.25, -0.2) is 0 Å². The van der Waals surface area contributed by atoms with Gasteiger partial charge in [-0.3, -0.25) is 0 Å². The highest BCUT2D eigenvalue weighted by molar-refractivity contribution is 5.58. The Balaban J connectivity index is 2.61. The molecule has 0 spiro atoms. The van der Waals surface area contributed by atoms with Gasteiger partial charge in [-0.2, -0.15) is 4.98 Å². The van der Waals surface area contributed by atoms with Crippen LogP contribution in [0, 0.1) is 6.92 Å². The lowest BCUT2D eigenvalue weighted by Crippen LogP contribution is -2.22. The SMILES string of the molecule is Cc1nc(-c2ccc(C(C)(C)C)c(C(C)(C)C)c2)no1. The summed E-state index contributed by atoms with van der Waals surface area (Å²) < 4.78 is 5.08. The maximum absolute atomic E-state index is 5.08. The number of hydrogen-bond donors (Lipinski definition) is 0. The Morgan fingerprint density at radius 3 is 1.95 bits per heavy atom. The number of aryl methyl sites for hydroxylation is 1. The molecule has 108 valence electrons. The summed E-state index contributed by atoms with van der Waals surface area (Å²) in [4.78, 5) is 4.32. The quantitative estimate of drug-likeness (QED) is 0.759. The number of hydrogen-bond acceptors (Lipinski definition) is 3. The summed E-state index contributed by atoms with van der Waals surface area (Å²) in [6.07, 6.45) is 0. The molecule has 3 nitrogen and oxygen atoms in total. The van der Waals surface area contributed by atoms with Crippen molar-refractivity contribution in [3.05, 3.63) is 35.2 Å². The summed E-state index contributed by atoms with van der Waals surface area (Å²) >= 11 is 0. The third-order valence-electron chi connectivity index (χ3n) is 3.42. The maximum atomic E-state index is 5.08. The van der Waals surface area contributed by atoms with E-state index < -0.39 is 0 Å². The summed E-state index contributed by atoms with van der Waals surface area (Å²) in [6.45, 7) is 15.3. The van der Waals surface area contributed by atoms with Crippen LogP contribution in [-0.2, 0) is 10.8 Å². The van der Waals surface area contributed by atoms with E-state index >= 15 is 0 Å². The van der Waals surface area contributed by atoms with Gasteiger partial charge in [-0.05, 0) is 28.0 Å². The van der Waals surface area contributed by atoms with Crippen molar-refractivity contribution < 1.29 is 4.52 Å². The predicted molar refractivity (Wildman–Crippen MR) is 81.9 cm³/mol. The first-order valence-corrected chi connectivity index (χ1v) is 7.05. The fourth-order valence-corrected chi connectivity index (χ4v) is 2.37. The van der Waals surface area contributed by atoms with Crippen LogP contribution in [0.3, 0.4) is 0 Å². The highest BCUT2D eigenvalue weighted by Crippen LogP contribution is 2.36. The van der Waals surface area contributed by atoms with Crippen LogP contribution >= 0.6 is 0 Å². The van der Waals surface area contributed by atoms with Crippen LogP contribution in [0.5, 0.6) is 0 Å². The average molecular weight is 272 g/mol. The van der Waals surface area contributed by atoms with Gasteiger partial charge in [-0.15, -0.1) is 0 Å². The van der Waals surface area contributed by atoms with Gasteiger partial charge in [0.2, 0.25) is 11.7 Å². The third kappa shape index (κ3) is 2.92. The fraction of sp³-hybridized carbons (Fsp3) is 0.529. The minimum atomic E-state index is 0.0808. The second kappa shape index (κ2) is 4.72. The lowest BCUT2D eigenvalue weighted by molar-refractivity contribution is 0.394. The Morgan fingerprint density at radius 2 is 1.50 bits per heavy atom. The van der Waals surface area contributed by atoms with Gasteiger partial charge in [-0.1, -0.05) is 58.8 Å². The Bertz CT molecular complexity index is 613. The number of aromatic nitrogens is 2. The van der Waals surface area contributed by atoms with Crippen molar-refractivity contribution in [3.63, 3.8) is 0 Å². The number of benzene rings is 1. The van der Waals surface area contributed by atoms with Gasteiger partial charge < -0.3 is 4.52 Å². The van der Waals surface area contributed by atoms with Crippen molar-refractivity contribution in [2.45, 2.75) is 59.3 Å². The van der Waals surface area contributed by atoms with Gasteiger partial charge in [0.15, 0.2) is 0 Å². The van der Waals surface area contributed by atoms with E-state index in [0.717, 1.165) is 5.56 Å². The molecule has 3 heteroatoms. The zero-order valence-electron chi connectivity index (χ0n) is 13.5. The molecule has 0 aliphatic heterocycles. The van der Waals surface area contributed by atoms with E-state index in [1.165, 1.54) is 11.1 Å². The van der Waals surface area contributed by atoms with Crippen LogP contribution in [0.25, 0.3) is 11.4 Å². The highest BCUT2D eigenvalue weighted by atomic mass is 16.5. The van der Waals surface area contributed by atoms with Gasteiger partial charge in [0.25, 0.3) is 0 Å². The summed E-state index contributed by atoms with van der Waals surface area (Å²) in [5.41, 5.74) is 3.92. The van der Waals surface area contributed by atoms with Gasteiger partial charge >= 0.3 is 0 Å². The minimum Gasteiger partial charge on any atom is -0.339 e. The smallest absolute Gasteiger partial charge is 0.223 e. The Hall–Kier alpha value is -1.64. The maximum Gasteiger partial charge on any atom is 0.223 e. The highest BCUT2D eigenvalue weighted by Gasteiger charge is 2.25. The lowest BCUT2D eigenvalue weighted by atomic mass is 9.74. The molecule has 0 saturated carbocycles. The molecule has 0 amide bonds. The predicted octanol–water partition coefficient (Wildman–Crippen LogP) is 4.64. The summed E-state index contributed by atoms with van der Waals surface area (Å²) in [5, 5.41) is 4.01. The van der Waals surface area contributed by atoms with E-state index in [-0.39, 0.29) is 10.8 Å². The minimum absolute atomic E-state index is 0.0808. The van der Waals surface area contributed by atoms with Crippen molar-refractivity contribution in [1.29, 1.82) is 0 Å². The molecular weight excluding hydrogens is 248 g/mol. The molecule has 0 fully saturated rings. The van der Waals surface area contributed by atoms with Crippen LogP contribution in [-0.4, -0.2) is 10.1 Å².